The first-order valence-corrected chi connectivity index (χ1v) is 10.8. The lowest BCUT2D eigenvalue weighted by Gasteiger charge is -2.21. The van der Waals surface area contributed by atoms with E-state index in [0.29, 0.717) is 6.54 Å². The number of hydrogen-bond donors (Lipinski definition) is 1. The molecule has 0 aliphatic carbocycles. The van der Waals surface area contributed by atoms with Crippen molar-refractivity contribution in [3.63, 3.8) is 0 Å². The lowest BCUT2D eigenvalue weighted by atomic mass is 10.1. The smallest absolute Gasteiger partial charge is 0.410 e. The molecule has 0 bridgehead atoms. The van der Waals surface area contributed by atoms with Crippen LogP contribution in [0, 0.1) is 0 Å². The third-order valence-corrected chi connectivity index (χ3v) is 4.84. The molecular formula is C23H37NO4. The van der Waals surface area contributed by atoms with Crippen LogP contribution >= 0.6 is 0 Å². The predicted octanol–water partition coefficient (Wildman–Crippen LogP) is 6.02. The van der Waals surface area contributed by atoms with Crippen LogP contribution in [0.2, 0.25) is 0 Å². The molecule has 1 aromatic carbocycles. The van der Waals surface area contributed by atoms with Crippen molar-refractivity contribution < 1.29 is 19.4 Å². The highest BCUT2D eigenvalue weighted by atomic mass is 16.6. The molecule has 0 saturated heterocycles. The fourth-order valence-corrected chi connectivity index (χ4v) is 3.13. The van der Waals surface area contributed by atoms with E-state index in [9.17, 15) is 9.59 Å². The molecule has 1 amide bonds. The number of amides is 1. The van der Waals surface area contributed by atoms with E-state index in [0.717, 1.165) is 18.4 Å². The van der Waals surface area contributed by atoms with Gasteiger partial charge in [-0.15, -0.1) is 0 Å². The van der Waals surface area contributed by atoms with Crippen LogP contribution in [0.1, 0.15) is 83.1 Å². The molecule has 5 nitrogen and oxygen atoms in total. The molecule has 0 fully saturated rings. The Balaban J connectivity index is 2.23. The van der Waals surface area contributed by atoms with Crippen molar-refractivity contribution >= 4 is 12.1 Å². The zero-order chi connectivity index (χ0) is 20.5. The number of benzene rings is 1. The quantitative estimate of drug-likeness (QED) is 0.350. The summed E-state index contributed by atoms with van der Waals surface area (Å²) in [6.07, 6.45) is 11.8. The van der Waals surface area contributed by atoms with Gasteiger partial charge in [0.2, 0.25) is 0 Å². The number of hydrogen-bond acceptors (Lipinski definition) is 3. The van der Waals surface area contributed by atoms with Crippen molar-refractivity contribution in [3.8, 4) is 0 Å². The molecule has 28 heavy (non-hydrogen) atoms. The van der Waals surface area contributed by atoms with Crippen molar-refractivity contribution in [2.45, 2.75) is 84.2 Å². The lowest BCUT2D eigenvalue weighted by Crippen LogP contribution is -2.34. The number of carbonyl (C=O) groups excluding carboxylic acids is 1. The fourth-order valence-electron chi connectivity index (χ4n) is 3.13. The molecule has 1 N–H and O–H groups in total. The average molecular weight is 392 g/mol. The standard InChI is InChI=1S/C23H37NO4/c1-2-3-4-5-6-7-8-9-10-14-18-24(19-17-22(25)26)23(27)28-20-21-15-12-11-13-16-21/h11-13,15-16H,2-10,14,17-20H2,1H3,(H,25,26). The zero-order valence-corrected chi connectivity index (χ0v) is 17.4. The third kappa shape index (κ3) is 12.4. The van der Waals surface area contributed by atoms with E-state index < -0.39 is 12.1 Å². The number of ether oxygens (including phenoxy) is 1. The lowest BCUT2D eigenvalue weighted by molar-refractivity contribution is -0.137. The molecule has 0 atom stereocenters. The van der Waals surface area contributed by atoms with Crippen LogP contribution in [-0.2, 0) is 16.1 Å². The van der Waals surface area contributed by atoms with Crippen LogP contribution in [0.4, 0.5) is 4.79 Å². The topological polar surface area (TPSA) is 66.8 Å². The Labute approximate surface area is 170 Å². The van der Waals surface area contributed by atoms with E-state index in [4.69, 9.17) is 9.84 Å². The molecule has 0 saturated carbocycles. The van der Waals surface area contributed by atoms with Gasteiger partial charge in [-0.2, -0.15) is 0 Å². The molecule has 1 rings (SSSR count). The third-order valence-electron chi connectivity index (χ3n) is 4.84. The monoisotopic (exact) mass is 391 g/mol. The molecule has 0 aliphatic rings. The van der Waals surface area contributed by atoms with Crippen LogP contribution < -0.4 is 0 Å². The van der Waals surface area contributed by atoms with Gasteiger partial charge in [0.05, 0.1) is 6.42 Å². The van der Waals surface area contributed by atoms with Gasteiger partial charge in [0.25, 0.3) is 0 Å². The molecule has 1 aromatic rings. The van der Waals surface area contributed by atoms with E-state index in [2.05, 4.69) is 6.92 Å². The minimum Gasteiger partial charge on any atom is -0.481 e. The van der Waals surface area contributed by atoms with Crippen molar-refractivity contribution in [2.75, 3.05) is 13.1 Å². The molecule has 0 heterocycles. The zero-order valence-electron chi connectivity index (χ0n) is 17.4. The van der Waals surface area contributed by atoms with Crippen molar-refractivity contribution in [3.05, 3.63) is 35.9 Å². The maximum Gasteiger partial charge on any atom is 0.410 e. The van der Waals surface area contributed by atoms with Crippen molar-refractivity contribution in [1.29, 1.82) is 0 Å². The van der Waals surface area contributed by atoms with Crippen molar-refractivity contribution in [2.24, 2.45) is 0 Å². The Morgan fingerprint density at radius 3 is 2.00 bits per heavy atom. The fraction of sp³-hybridized carbons (Fsp3) is 0.652. The van der Waals surface area contributed by atoms with Crippen LogP contribution in [-0.4, -0.2) is 35.2 Å². The second kappa shape index (κ2) is 16.0. The molecule has 0 spiro atoms. The van der Waals surface area contributed by atoms with E-state index in [1.807, 2.05) is 30.3 Å². The van der Waals surface area contributed by atoms with Gasteiger partial charge in [-0.25, -0.2) is 4.79 Å². The highest BCUT2D eigenvalue weighted by Gasteiger charge is 2.16. The molecular weight excluding hydrogens is 354 g/mol. The molecule has 5 heteroatoms. The summed E-state index contributed by atoms with van der Waals surface area (Å²) in [6, 6.07) is 9.51. The van der Waals surface area contributed by atoms with Gasteiger partial charge in [0.1, 0.15) is 6.61 Å². The predicted molar refractivity (Wildman–Crippen MR) is 112 cm³/mol. The molecule has 0 aliphatic heterocycles. The van der Waals surface area contributed by atoms with Gasteiger partial charge in [0, 0.05) is 13.1 Å². The average Bonchev–Trinajstić information content (AvgIpc) is 2.70. The van der Waals surface area contributed by atoms with Gasteiger partial charge in [0.15, 0.2) is 0 Å². The summed E-state index contributed by atoms with van der Waals surface area (Å²) in [5.41, 5.74) is 0.924. The highest BCUT2D eigenvalue weighted by Crippen LogP contribution is 2.11. The Kier molecular flexibility index (Phi) is 13.7. The first kappa shape index (κ1) is 24.0. The second-order valence-corrected chi connectivity index (χ2v) is 7.35. The maximum absolute atomic E-state index is 12.3. The van der Waals surface area contributed by atoms with E-state index in [1.54, 1.807) is 0 Å². The second-order valence-electron chi connectivity index (χ2n) is 7.35. The van der Waals surface area contributed by atoms with Gasteiger partial charge in [-0.05, 0) is 12.0 Å². The summed E-state index contributed by atoms with van der Waals surface area (Å²) < 4.78 is 5.36. The Morgan fingerprint density at radius 1 is 0.857 bits per heavy atom. The van der Waals surface area contributed by atoms with Crippen molar-refractivity contribution in [1.82, 2.24) is 4.90 Å². The van der Waals surface area contributed by atoms with Crippen LogP contribution in [0.5, 0.6) is 0 Å². The number of carbonyl (C=O) groups is 2. The number of carboxylic acids is 1. The van der Waals surface area contributed by atoms with Gasteiger partial charge < -0.3 is 14.7 Å². The Hall–Kier alpha value is -2.04. The van der Waals surface area contributed by atoms with Crippen LogP contribution in [0.25, 0.3) is 0 Å². The largest absolute Gasteiger partial charge is 0.481 e. The van der Waals surface area contributed by atoms with Gasteiger partial charge >= 0.3 is 12.1 Å². The summed E-state index contributed by atoms with van der Waals surface area (Å²) in [4.78, 5) is 24.7. The summed E-state index contributed by atoms with van der Waals surface area (Å²) >= 11 is 0. The highest BCUT2D eigenvalue weighted by molar-refractivity contribution is 5.70. The summed E-state index contributed by atoms with van der Waals surface area (Å²) in [5.74, 6) is -0.899. The molecule has 0 radical (unpaired) electrons. The van der Waals surface area contributed by atoms with Gasteiger partial charge in [-0.3, -0.25) is 4.79 Å². The minimum atomic E-state index is -0.899. The van der Waals surface area contributed by atoms with E-state index in [1.165, 1.54) is 56.3 Å². The first-order chi connectivity index (χ1) is 13.6. The summed E-state index contributed by atoms with van der Waals surface area (Å²) in [6.45, 7) is 3.19. The molecule has 0 aromatic heterocycles. The number of unbranched alkanes of at least 4 members (excludes halogenated alkanes) is 9. The Bertz CT molecular complexity index is 533. The van der Waals surface area contributed by atoms with E-state index >= 15 is 0 Å². The first-order valence-electron chi connectivity index (χ1n) is 10.8. The summed E-state index contributed by atoms with van der Waals surface area (Å²) in [7, 11) is 0. The Morgan fingerprint density at radius 2 is 1.43 bits per heavy atom. The summed E-state index contributed by atoms with van der Waals surface area (Å²) in [5, 5.41) is 8.92. The molecule has 0 unspecified atom stereocenters. The number of rotatable bonds is 16. The normalized spacial score (nSPS) is 10.6. The number of carboxylic acid groups (broad SMARTS) is 1. The van der Waals surface area contributed by atoms with Crippen LogP contribution in [0.15, 0.2) is 30.3 Å². The maximum atomic E-state index is 12.3. The van der Waals surface area contributed by atoms with Gasteiger partial charge in [-0.1, -0.05) is 95.0 Å². The minimum absolute atomic E-state index is 0.0573. The molecule has 158 valence electrons. The number of nitrogens with zero attached hydrogens (tertiary/aromatic N) is 1. The SMILES string of the molecule is CCCCCCCCCCCCN(CCC(=O)O)C(=O)OCc1ccccc1. The van der Waals surface area contributed by atoms with Crippen LogP contribution in [0.3, 0.4) is 0 Å². The van der Waals surface area contributed by atoms with E-state index in [-0.39, 0.29) is 19.6 Å². The number of aliphatic carboxylic acids is 1.